The Morgan fingerprint density at radius 2 is 1.76 bits per heavy atom. The number of methoxy groups -OCH3 is 2. The van der Waals surface area contributed by atoms with E-state index in [1.54, 1.807) is 20.4 Å². The average Bonchev–Trinajstić information content (AvgIpc) is 3.37. The van der Waals surface area contributed by atoms with Crippen LogP contribution in [-0.4, -0.2) is 44.0 Å². The molecule has 3 heterocycles. The highest BCUT2D eigenvalue weighted by molar-refractivity contribution is 5.85. The Morgan fingerprint density at radius 3 is 2.45 bits per heavy atom. The summed E-state index contributed by atoms with van der Waals surface area (Å²) in [5.41, 5.74) is 5.47. The van der Waals surface area contributed by atoms with Crippen LogP contribution in [0.15, 0.2) is 79.3 Å². The van der Waals surface area contributed by atoms with Crippen molar-refractivity contribution < 1.29 is 9.47 Å². The molecule has 0 radical (unpaired) electrons. The summed E-state index contributed by atoms with van der Waals surface area (Å²) in [6, 6.07) is 18.0. The van der Waals surface area contributed by atoms with E-state index in [2.05, 4.69) is 44.8 Å². The number of benzene rings is 2. The van der Waals surface area contributed by atoms with Crippen LogP contribution >= 0.6 is 0 Å². The second-order valence-electron chi connectivity index (χ2n) is 9.03. The molecule has 0 aliphatic heterocycles. The lowest BCUT2D eigenvalue weighted by Gasteiger charge is -2.19. The van der Waals surface area contributed by atoms with Gasteiger partial charge in [-0.05, 0) is 42.9 Å². The molecule has 190 valence electrons. The maximum Gasteiger partial charge on any atom is 0.228 e. The molecule has 38 heavy (non-hydrogen) atoms. The second-order valence-corrected chi connectivity index (χ2v) is 9.03. The van der Waals surface area contributed by atoms with Gasteiger partial charge in [-0.25, -0.2) is 9.97 Å². The molecule has 0 bridgehead atoms. The molecule has 2 aromatic carbocycles. The van der Waals surface area contributed by atoms with Gasteiger partial charge >= 0.3 is 0 Å². The minimum atomic E-state index is 0.283. The molecule has 1 unspecified atom stereocenters. The third kappa shape index (κ3) is 4.32. The first-order chi connectivity index (χ1) is 18.8. The molecule has 1 aliphatic rings. The van der Waals surface area contributed by atoms with E-state index in [0.29, 0.717) is 17.5 Å². The summed E-state index contributed by atoms with van der Waals surface area (Å²) < 4.78 is 13.3. The molecule has 0 saturated carbocycles. The van der Waals surface area contributed by atoms with Gasteiger partial charge in [-0.2, -0.15) is 14.7 Å². The number of nitrogens with zero attached hydrogens (tertiary/aromatic N) is 6. The number of rotatable bonds is 7. The van der Waals surface area contributed by atoms with E-state index in [9.17, 15) is 0 Å². The molecule has 6 rings (SSSR count). The van der Waals surface area contributed by atoms with Crippen molar-refractivity contribution in [3.05, 3.63) is 84.8 Å². The second kappa shape index (κ2) is 10.3. The highest BCUT2D eigenvalue weighted by Crippen LogP contribution is 2.43. The molecular weight excluding hydrogens is 478 g/mol. The van der Waals surface area contributed by atoms with Gasteiger partial charge in [-0.3, -0.25) is 0 Å². The molecule has 3 aromatic heterocycles. The monoisotopic (exact) mass is 505 g/mol. The maximum absolute atomic E-state index is 6.07. The van der Waals surface area contributed by atoms with Gasteiger partial charge in [0.05, 0.1) is 31.7 Å². The summed E-state index contributed by atoms with van der Waals surface area (Å²) in [5, 5.41) is 16.2. The minimum Gasteiger partial charge on any atom is -0.497 e. The van der Waals surface area contributed by atoms with Crippen molar-refractivity contribution in [1.82, 2.24) is 29.8 Å². The molecule has 0 spiro atoms. The summed E-state index contributed by atoms with van der Waals surface area (Å²) >= 11 is 0. The van der Waals surface area contributed by atoms with Crippen molar-refractivity contribution >= 4 is 17.3 Å². The lowest BCUT2D eigenvalue weighted by molar-refractivity contribution is 0.387. The first-order valence-corrected chi connectivity index (χ1v) is 12.5. The molecular formula is C29H27N7O2. The van der Waals surface area contributed by atoms with Gasteiger partial charge in [0.1, 0.15) is 17.9 Å². The van der Waals surface area contributed by atoms with Crippen molar-refractivity contribution in [3.63, 3.8) is 0 Å². The highest BCUT2D eigenvalue weighted by Gasteiger charge is 2.29. The summed E-state index contributed by atoms with van der Waals surface area (Å²) in [6.45, 7) is 0. The Balaban J connectivity index is 1.65. The zero-order valence-electron chi connectivity index (χ0n) is 21.2. The molecule has 0 saturated heterocycles. The fourth-order valence-electron chi connectivity index (χ4n) is 5.00. The zero-order chi connectivity index (χ0) is 25.9. The molecule has 1 atom stereocenters. The Bertz CT molecular complexity index is 1580. The van der Waals surface area contributed by atoms with Crippen LogP contribution < -0.4 is 14.8 Å². The smallest absolute Gasteiger partial charge is 0.228 e. The number of nitrogens with one attached hydrogen (secondary N) is 1. The Hall–Kier alpha value is -4.79. The lowest BCUT2D eigenvalue weighted by Crippen LogP contribution is -2.08. The lowest BCUT2D eigenvalue weighted by atomic mass is 9.86. The molecule has 0 amide bonds. The van der Waals surface area contributed by atoms with Crippen LogP contribution in [0.1, 0.15) is 30.7 Å². The number of allylic oxidation sites excluding steroid dienone is 2. The van der Waals surface area contributed by atoms with Crippen molar-refractivity contribution in [2.75, 3.05) is 19.5 Å². The van der Waals surface area contributed by atoms with Crippen LogP contribution in [0.3, 0.4) is 0 Å². The Labute approximate surface area is 220 Å². The van der Waals surface area contributed by atoms with Crippen LogP contribution in [0.25, 0.3) is 28.0 Å². The predicted molar refractivity (Wildman–Crippen MR) is 146 cm³/mol. The third-order valence-electron chi connectivity index (χ3n) is 6.80. The maximum atomic E-state index is 6.07. The summed E-state index contributed by atoms with van der Waals surface area (Å²) in [5.74, 6) is 2.73. The normalized spacial score (nSPS) is 14.9. The SMILES string of the molecule is COc1ccc(-c2c(Nc3cnncn3)nc3c(C4CC=CCC4)c(-c4ccccc4)nn3c2OC)cc1. The van der Waals surface area contributed by atoms with Crippen molar-refractivity contribution in [1.29, 1.82) is 0 Å². The van der Waals surface area contributed by atoms with Crippen LogP contribution in [0.5, 0.6) is 11.6 Å². The van der Waals surface area contributed by atoms with Crippen LogP contribution in [-0.2, 0) is 0 Å². The molecule has 9 nitrogen and oxygen atoms in total. The van der Waals surface area contributed by atoms with Crippen molar-refractivity contribution in [3.8, 4) is 34.0 Å². The summed E-state index contributed by atoms with van der Waals surface area (Å²) in [7, 11) is 3.31. The largest absolute Gasteiger partial charge is 0.497 e. The van der Waals surface area contributed by atoms with E-state index in [0.717, 1.165) is 58.6 Å². The quantitative estimate of drug-likeness (QED) is 0.276. The highest BCUT2D eigenvalue weighted by atomic mass is 16.5. The van der Waals surface area contributed by atoms with Gasteiger partial charge < -0.3 is 14.8 Å². The average molecular weight is 506 g/mol. The molecule has 1 N–H and O–H groups in total. The van der Waals surface area contributed by atoms with E-state index in [1.165, 1.54) is 6.33 Å². The predicted octanol–water partition coefficient (Wildman–Crippen LogP) is 5.83. The summed E-state index contributed by atoms with van der Waals surface area (Å²) in [6.07, 6.45) is 10.4. The molecule has 0 fully saturated rings. The topological polar surface area (TPSA) is 99.3 Å². The van der Waals surface area contributed by atoms with Crippen LogP contribution in [0.2, 0.25) is 0 Å². The Morgan fingerprint density at radius 1 is 0.921 bits per heavy atom. The van der Waals surface area contributed by atoms with E-state index >= 15 is 0 Å². The fourth-order valence-corrected chi connectivity index (χ4v) is 5.00. The van der Waals surface area contributed by atoms with Crippen LogP contribution in [0.4, 0.5) is 11.6 Å². The molecule has 9 heteroatoms. The standard InChI is InChI=1S/C29H27N7O2/c1-37-22-15-13-20(14-16-22)25-27(33-23-17-31-32-18-30-23)34-28-24(19-9-5-3-6-10-19)26(21-11-7-4-8-12-21)35-36(28)29(25)38-2/h3-5,7-8,11-19H,6,9-10H2,1-2H3,(H,30,32,33,34). The third-order valence-corrected chi connectivity index (χ3v) is 6.80. The van der Waals surface area contributed by atoms with Crippen LogP contribution in [0, 0.1) is 0 Å². The Kier molecular flexibility index (Phi) is 6.39. The number of ether oxygens (including phenoxy) is 2. The van der Waals surface area contributed by atoms with Gasteiger partial charge in [-0.1, -0.05) is 54.6 Å². The number of fused-ring (bicyclic) bond motifs is 1. The van der Waals surface area contributed by atoms with E-state index in [-0.39, 0.29) is 5.92 Å². The molecule has 5 aromatic rings. The van der Waals surface area contributed by atoms with Gasteiger partial charge in [0.25, 0.3) is 0 Å². The summed E-state index contributed by atoms with van der Waals surface area (Å²) in [4.78, 5) is 9.50. The van der Waals surface area contributed by atoms with E-state index < -0.39 is 0 Å². The number of aromatic nitrogens is 6. The number of hydrogen-bond acceptors (Lipinski definition) is 8. The first kappa shape index (κ1) is 23.6. The van der Waals surface area contributed by atoms with Crippen molar-refractivity contribution in [2.24, 2.45) is 0 Å². The first-order valence-electron chi connectivity index (χ1n) is 12.5. The number of hydrogen-bond donors (Lipinski definition) is 1. The van der Waals surface area contributed by atoms with Gasteiger partial charge in [0.2, 0.25) is 5.88 Å². The van der Waals surface area contributed by atoms with Crippen molar-refractivity contribution in [2.45, 2.75) is 25.2 Å². The van der Waals surface area contributed by atoms with Gasteiger partial charge in [-0.15, -0.1) is 5.10 Å². The van der Waals surface area contributed by atoms with E-state index in [4.69, 9.17) is 19.6 Å². The number of anilines is 2. The molecule has 1 aliphatic carbocycles. The van der Waals surface area contributed by atoms with E-state index in [1.807, 2.05) is 47.0 Å². The minimum absolute atomic E-state index is 0.283. The van der Waals surface area contributed by atoms with Gasteiger partial charge in [0.15, 0.2) is 11.5 Å². The van der Waals surface area contributed by atoms with Gasteiger partial charge in [0, 0.05) is 11.1 Å². The fraction of sp³-hybridized carbons (Fsp3) is 0.207. The zero-order valence-corrected chi connectivity index (χ0v) is 21.2.